The predicted molar refractivity (Wildman–Crippen MR) is 92.5 cm³/mol. The Balaban J connectivity index is 1.54. The van der Waals surface area contributed by atoms with Crippen LogP contribution in [0.25, 0.3) is 11.5 Å². The van der Waals surface area contributed by atoms with E-state index in [4.69, 9.17) is 4.42 Å². The summed E-state index contributed by atoms with van der Waals surface area (Å²) >= 11 is 0. The zero-order valence-electron chi connectivity index (χ0n) is 13.9. The Bertz CT molecular complexity index is 654. The Kier molecular flexibility index (Phi) is 4.95. The van der Waals surface area contributed by atoms with Crippen molar-refractivity contribution < 1.29 is 4.42 Å². The smallest absolute Gasteiger partial charge is 0.226 e. The van der Waals surface area contributed by atoms with Gasteiger partial charge in [0, 0.05) is 38.7 Å². The number of hydrogen-bond acceptors (Lipinski definition) is 3. The van der Waals surface area contributed by atoms with Crippen LogP contribution in [0, 0.1) is 6.92 Å². The lowest BCUT2D eigenvalue weighted by atomic mass is 10.1. The molecule has 3 rings (SSSR count). The highest BCUT2D eigenvalue weighted by atomic mass is 16.3. The third-order valence-electron chi connectivity index (χ3n) is 4.13. The summed E-state index contributed by atoms with van der Waals surface area (Å²) in [7, 11) is 1.84. The molecule has 1 N–H and O–H groups in total. The van der Waals surface area contributed by atoms with Crippen LogP contribution in [-0.4, -0.2) is 42.5 Å². The number of hydrogen-bond donors (Lipinski definition) is 1. The topological polar surface area (TPSA) is 53.7 Å². The molecule has 1 aliphatic rings. The van der Waals surface area contributed by atoms with Gasteiger partial charge in [-0.3, -0.25) is 4.99 Å². The van der Waals surface area contributed by atoms with Gasteiger partial charge in [0.05, 0.1) is 5.69 Å². The molecule has 0 spiro atoms. The van der Waals surface area contributed by atoms with E-state index in [-0.39, 0.29) is 0 Å². The van der Waals surface area contributed by atoms with Gasteiger partial charge in [-0.1, -0.05) is 17.7 Å². The molecule has 0 saturated carbocycles. The molecule has 23 heavy (non-hydrogen) atoms. The van der Waals surface area contributed by atoms with Crippen LogP contribution in [0.3, 0.4) is 0 Å². The number of aryl methyl sites for hydroxylation is 1. The van der Waals surface area contributed by atoms with Crippen molar-refractivity contribution in [2.24, 2.45) is 4.99 Å². The quantitative estimate of drug-likeness (QED) is 0.697. The second kappa shape index (κ2) is 7.31. The van der Waals surface area contributed by atoms with Crippen molar-refractivity contribution in [1.29, 1.82) is 0 Å². The van der Waals surface area contributed by atoms with E-state index in [0.29, 0.717) is 5.89 Å². The van der Waals surface area contributed by atoms with Gasteiger partial charge >= 0.3 is 0 Å². The summed E-state index contributed by atoms with van der Waals surface area (Å²) in [4.78, 5) is 11.2. The van der Waals surface area contributed by atoms with Crippen LogP contribution in [0.15, 0.2) is 39.9 Å². The summed E-state index contributed by atoms with van der Waals surface area (Å²) in [5.74, 6) is 1.67. The number of guanidine groups is 1. The Labute approximate surface area is 137 Å². The third-order valence-corrected chi connectivity index (χ3v) is 4.13. The Morgan fingerprint density at radius 2 is 2.00 bits per heavy atom. The van der Waals surface area contributed by atoms with Crippen molar-refractivity contribution >= 4 is 5.96 Å². The molecule has 1 saturated heterocycles. The maximum absolute atomic E-state index is 5.59. The molecule has 122 valence electrons. The van der Waals surface area contributed by atoms with E-state index in [1.807, 2.05) is 19.2 Å². The molecule has 1 aromatic heterocycles. The van der Waals surface area contributed by atoms with Crippen LogP contribution in [0.4, 0.5) is 0 Å². The van der Waals surface area contributed by atoms with Gasteiger partial charge in [-0.2, -0.15) is 0 Å². The van der Waals surface area contributed by atoms with Crippen molar-refractivity contribution in [3.63, 3.8) is 0 Å². The Morgan fingerprint density at radius 3 is 2.70 bits per heavy atom. The maximum atomic E-state index is 5.59. The first kappa shape index (κ1) is 15.6. The van der Waals surface area contributed by atoms with Crippen LogP contribution in [0.2, 0.25) is 0 Å². The molecule has 2 heterocycles. The lowest BCUT2D eigenvalue weighted by Crippen LogP contribution is -2.40. The summed E-state index contributed by atoms with van der Waals surface area (Å²) in [5.41, 5.74) is 3.21. The Hall–Kier alpha value is -2.30. The fourth-order valence-electron chi connectivity index (χ4n) is 2.81. The monoisotopic (exact) mass is 312 g/mol. The molecule has 2 aromatic rings. The molecule has 0 amide bonds. The maximum Gasteiger partial charge on any atom is 0.226 e. The molecular formula is C18H24N4O. The van der Waals surface area contributed by atoms with E-state index in [1.165, 1.54) is 18.4 Å². The van der Waals surface area contributed by atoms with Crippen LogP contribution in [-0.2, 0) is 6.42 Å². The summed E-state index contributed by atoms with van der Waals surface area (Å²) in [6.07, 6.45) is 5.07. The summed E-state index contributed by atoms with van der Waals surface area (Å²) in [6, 6.07) is 8.22. The van der Waals surface area contributed by atoms with Crippen molar-refractivity contribution in [3.05, 3.63) is 41.8 Å². The number of nitrogens with zero attached hydrogens (tertiary/aromatic N) is 3. The van der Waals surface area contributed by atoms with Crippen LogP contribution in [0.1, 0.15) is 24.1 Å². The number of aliphatic imine (C=N–C) groups is 1. The standard InChI is InChI=1S/C18H24N4O/c1-14-5-7-15(8-6-14)17-21-16(13-23-17)9-10-20-18(19-2)22-11-3-4-12-22/h5-8,13H,3-4,9-12H2,1-2H3,(H,19,20). The normalized spacial score (nSPS) is 15.2. The zero-order valence-corrected chi connectivity index (χ0v) is 13.9. The highest BCUT2D eigenvalue weighted by Gasteiger charge is 2.15. The molecule has 0 atom stereocenters. The fraction of sp³-hybridized carbons (Fsp3) is 0.444. The summed E-state index contributed by atoms with van der Waals surface area (Å²) < 4.78 is 5.59. The van der Waals surface area contributed by atoms with Gasteiger partial charge in [0.25, 0.3) is 0 Å². The summed E-state index contributed by atoms with van der Waals surface area (Å²) in [5, 5.41) is 3.41. The molecule has 1 aromatic carbocycles. The Morgan fingerprint density at radius 1 is 1.26 bits per heavy atom. The molecule has 5 heteroatoms. The highest BCUT2D eigenvalue weighted by molar-refractivity contribution is 5.80. The van der Waals surface area contributed by atoms with Crippen LogP contribution < -0.4 is 5.32 Å². The van der Waals surface area contributed by atoms with E-state index in [9.17, 15) is 0 Å². The lowest BCUT2D eigenvalue weighted by molar-refractivity contribution is 0.494. The van der Waals surface area contributed by atoms with E-state index in [1.54, 1.807) is 6.26 Å². The molecule has 0 bridgehead atoms. The van der Waals surface area contributed by atoms with Crippen molar-refractivity contribution in [2.45, 2.75) is 26.2 Å². The van der Waals surface area contributed by atoms with Gasteiger partial charge < -0.3 is 14.6 Å². The predicted octanol–water partition coefficient (Wildman–Crippen LogP) is 2.86. The van der Waals surface area contributed by atoms with Gasteiger partial charge in [-0.15, -0.1) is 0 Å². The van der Waals surface area contributed by atoms with Crippen molar-refractivity contribution in [2.75, 3.05) is 26.7 Å². The van der Waals surface area contributed by atoms with Gasteiger partial charge in [-0.25, -0.2) is 4.98 Å². The highest BCUT2D eigenvalue weighted by Crippen LogP contribution is 2.19. The SMILES string of the molecule is CN=C(NCCc1coc(-c2ccc(C)cc2)n1)N1CCCC1. The average molecular weight is 312 g/mol. The summed E-state index contributed by atoms with van der Waals surface area (Å²) in [6.45, 7) is 5.08. The van der Waals surface area contributed by atoms with Crippen molar-refractivity contribution in [3.8, 4) is 11.5 Å². The number of nitrogens with one attached hydrogen (secondary N) is 1. The molecule has 5 nitrogen and oxygen atoms in total. The molecule has 1 aliphatic heterocycles. The van der Waals surface area contributed by atoms with Gasteiger partial charge in [0.15, 0.2) is 5.96 Å². The number of oxazole rings is 1. The number of likely N-dealkylation sites (tertiary alicyclic amines) is 1. The molecular weight excluding hydrogens is 288 g/mol. The van der Waals surface area contributed by atoms with Gasteiger partial charge in [0.2, 0.25) is 5.89 Å². The van der Waals surface area contributed by atoms with E-state index in [0.717, 1.165) is 43.3 Å². The molecule has 0 unspecified atom stereocenters. The van der Waals surface area contributed by atoms with Crippen LogP contribution in [0.5, 0.6) is 0 Å². The largest absolute Gasteiger partial charge is 0.444 e. The minimum atomic E-state index is 0.684. The van der Waals surface area contributed by atoms with Crippen LogP contribution >= 0.6 is 0 Å². The minimum Gasteiger partial charge on any atom is -0.444 e. The molecule has 1 fully saturated rings. The first-order valence-electron chi connectivity index (χ1n) is 8.23. The third kappa shape index (κ3) is 3.92. The van der Waals surface area contributed by atoms with E-state index < -0.39 is 0 Å². The molecule has 0 aliphatic carbocycles. The first-order chi connectivity index (χ1) is 11.3. The average Bonchev–Trinajstić information content (AvgIpc) is 3.24. The van der Waals surface area contributed by atoms with E-state index in [2.05, 4.69) is 39.2 Å². The minimum absolute atomic E-state index is 0.684. The number of rotatable bonds is 4. The first-order valence-corrected chi connectivity index (χ1v) is 8.23. The number of aromatic nitrogens is 1. The van der Waals surface area contributed by atoms with Crippen molar-refractivity contribution in [1.82, 2.24) is 15.2 Å². The second-order valence-corrected chi connectivity index (χ2v) is 5.93. The lowest BCUT2D eigenvalue weighted by Gasteiger charge is -2.20. The zero-order chi connectivity index (χ0) is 16.1. The molecule has 0 radical (unpaired) electrons. The number of benzene rings is 1. The van der Waals surface area contributed by atoms with Gasteiger partial charge in [-0.05, 0) is 31.9 Å². The van der Waals surface area contributed by atoms with E-state index >= 15 is 0 Å². The van der Waals surface area contributed by atoms with Gasteiger partial charge in [0.1, 0.15) is 6.26 Å². The fourth-order valence-corrected chi connectivity index (χ4v) is 2.81. The second-order valence-electron chi connectivity index (χ2n) is 5.93.